The van der Waals surface area contributed by atoms with Crippen LogP contribution in [0, 0.1) is 0 Å². The Hall–Kier alpha value is -2.70. The van der Waals surface area contributed by atoms with Crippen LogP contribution in [0.25, 0.3) is 11.1 Å². The summed E-state index contributed by atoms with van der Waals surface area (Å²) in [5.74, 6) is 0.543. The summed E-state index contributed by atoms with van der Waals surface area (Å²) in [5, 5.41) is 6.23. The molecule has 1 aliphatic heterocycles. The van der Waals surface area contributed by atoms with Crippen molar-refractivity contribution in [3.05, 3.63) is 60.0 Å². The summed E-state index contributed by atoms with van der Waals surface area (Å²) in [5.41, 5.74) is 2.49. The zero-order valence-corrected chi connectivity index (χ0v) is 15.3. The van der Waals surface area contributed by atoms with Crippen molar-refractivity contribution in [2.45, 2.75) is 24.9 Å². The molecule has 0 unspecified atom stereocenters. The fourth-order valence-corrected chi connectivity index (χ4v) is 3.50. The number of piperidine rings is 1. The van der Waals surface area contributed by atoms with Crippen molar-refractivity contribution in [2.24, 2.45) is 0 Å². The van der Waals surface area contributed by atoms with Crippen LogP contribution in [0.3, 0.4) is 0 Å². The van der Waals surface area contributed by atoms with Gasteiger partial charge in [0, 0.05) is 25.3 Å². The number of rotatable bonds is 5. The van der Waals surface area contributed by atoms with Gasteiger partial charge in [0.15, 0.2) is 11.5 Å². The Kier molecular flexibility index (Phi) is 4.92. The zero-order valence-electron chi connectivity index (χ0n) is 15.3. The second-order valence-corrected chi connectivity index (χ2v) is 6.86. The minimum Gasteiger partial charge on any atom is -0.440 e. The molecule has 0 spiro atoms. The second-order valence-electron chi connectivity index (χ2n) is 6.86. The van der Waals surface area contributed by atoms with Crippen molar-refractivity contribution >= 4 is 22.7 Å². The third-order valence-electron chi connectivity index (χ3n) is 5.10. The van der Waals surface area contributed by atoms with Crippen LogP contribution >= 0.6 is 0 Å². The molecule has 1 saturated heterocycles. The molecule has 1 amide bonds. The van der Waals surface area contributed by atoms with Crippen molar-refractivity contribution in [1.82, 2.24) is 10.3 Å². The second kappa shape index (κ2) is 7.50. The minimum absolute atomic E-state index is 0.116. The highest BCUT2D eigenvalue weighted by molar-refractivity contribution is 5.98. The molecule has 0 atom stereocenters. The number of anilines is 1. The molecule has 6 nitrogen and oxygen atoms in total. The number of carbonyl (C=O) groups is 1. The molecular weight excluding hydrogens is 342 g/mol. The molecule has 0 saturated carbocycles. The number of oxazole rings is 1. The zero-order chi connectivity index (χ0) is 18.7. The normalized spacial score (nSPS) is 16.3. The number of aromatic nitrogens is 1. The Morgan fingerprint density at radius 2 is 2.00 bits per heavy atom. The van der Waals surface area contributed by atoms with Gasteiger partial charge in [-0.2, -0.15) is 0 Å². The van der Waals surface area contributed by atoms with E-state index in [9.17, 15) is 4.79 Å². The van der Waals surface area contributed by atoms with Crippen LogP contribution in [0.1, 0.15) is 24.3 Å². The Morgan fingerprint density at radius 1 is 1.22 bits per heavy atom. The van der Waals surface area contributed by atoms with Gasteiger partial charge in [-0.1, -0.05) is 30.3 Å². The lowest BCUT2D eigenvalue weighted by atomic mass is 9.91. The van der Waals surface area contributed by atoms with Gasteiger partial charge in [-0.15, -0.1) is 0 Å². The van der Waals surface area contributed by atoms with Crippen LogP contribution < -0.4 is 10.6 Å². The van der Waals surface area contributed by atoms with E-state index in [0.29, 0.717) is 36.4 Å². The van der Waals surface area contributed by atoms with Crippen molar-refractivity contribution in [3.63, 3.8) is 0 Å². The van der Waals surface area contributed by atoms with Gasteiger partial charge in [0.25, 0.3) is 5.91 Å². The highest BCUT2D eigenvalue weighted by Crippen LogP contribution is 2.26. The van der Waals surface area contributed by atoms with Gasteiger partial charge in [0.1, 0.15) is 11.1 Å². The molecule has 2 aromatic carbocycles. The summed E-state index contributed by atoms with van der Waals surface area (Å²) in [4.78, 5) is 17.3. The number of methoxy groups -OCH3 is 1. The van der Waals surface area contributed by atoms with Crippen LogP contribution in [0.4, 0.5) is 5.69 Å². The van der Waals surface area contributed by atoms with Gasteiger partial charge in [0.2, 0.25) is 0 Å². The molecule has 140 valence electrons. The SMILES string of the molecule is COC1(C(=O)Nc2ccc3nc(Cc4ccccc4)oc3c2)CCNCC1. The average molecular weight is 365 g/mol. The summed E-state index contributed by atoms with van der Waals surface area (Å²) >= 11 is 0. The summed E-state index contributed by atoms with van der Waals surface area (Å²) in [6.45, 7) is 1.54. The molecule has 1 fully saturated rings. The third kappa shape index (κ3) is 3.72. The number of nitrogens with zero attached hydrogens (tertiary/aromatic N) is 1. The number of nitrogens with one attached hydrogen (secondary N) is 2. The standard InChI is InChI=1S/C21H23N3O3/c1-26-21(9-11-22-12-10-21)20(25)23-16-7-8-17-18(14-16)27-19(24-17)13-15-5-3-2-4-6-15/h2-8,14,22H,9-13H2,1H3,(H,23,25). The molecule has 0 bridgehead atoms. The maximum Gasteiger partial charge on any atom is 0.256 e. The van der Waals surface area contributed by atoms with Crippen LogP contribution in [-0.4, -0.2) is 36.7 Å². The van der Waals surface area contributed by atoms with Gasteiger partial charge in [-0.25, -0.2) is 4.98 Å². The molecule has 3 aromatic rings. The van der Waals surface area contributed by atoms with E-state index in [0.717, 1.165) is 24.2 Å². The first-order valence-corrected chi connectivity index (χ1v) is 9.19. The van der Waals surface area contributed by atoms with E-state index < -0.39 is 5.60 Å². The van der Waals surface area contributed by atoms with Gasteiger partial charge >= 0.3 is 0 Å². The molecule has 6 heteroatoms. The Bertz CT molecular complexity index is 930. The molecule has 27 heavy (non-hydrogen) atoms. The summed E-state index contributed by atoms with van der Waals surface area (Å²) < 4.78 is 11.5. The molecule has 1 aliphatic rings. The summed E-state index contributed by atoms with van der Waals surface area (Å²) in [6, 6.07) is 15.6. The molecule has 0 radical (unpaired) electrons. The highest BCUT2D eigenvalue weighted by Gasteiger charge is 2.39. The average Bonchev–Trinajstić information content (AvgIpc) is 3.10. The maximum absolute atomic E-state index is 12.8. The Morgan fingerprint density at radius 3 is 2.74 bits per heavy atom. The highest BCUT2D eigenvalue weighted by atomic mass is 16.5. The largest absolute Gasteiger partial charge is 0.440 e. The molecule has 2 N–H and O–H groups in total. The van der Waals surface area contributed by atoms with Crippen LogP contribution in [0.2, 0.25) is 0 Å². The lowest BCUT2D eigenvalue weighted by molar-refractivity contribution is -0.140. The van der Waals surface area contributed by atoms with Crippen molar-refractivity contribution in [1.29, 1.82) is 0 Å². The first-order valence-electron chi connectivity index (χ1n) is 9.19. The quantitative estimate of drug-likeness (QED) is 0.726. The summed E-state index contributed by atoms with van der Waals surface area (Å²) in [6.07, 6.45) is 1.94. The number of hydrogen-bond acceptors (Lipinski definition) is 5. The number of benzene rings is 2. The first kappa shape index (κ1) is 17.7. The molecule has 4 rings (SSSR count). The molecule has 2 heterocycles. The van der Waals surface area contributed by atoms with Crippen molar-refractivity contribution < 1.29 is 13.9 Å². The van der Waals surface area contributed by atoms with E-state index in [-0.39, 0.29) is 5.91 Å². The molecule has 1 aromatic heterocycles. The van der Waals surface area contributed by atoms with Crippen molar-refractivity contribution in [2.75, 3.05) is 25.5 Å². The number of hydrogen-bond donors (Lipinski definition) is 2. The first-order chi connectivity index (χ1) is 13.2. The lowest BCUT2D eigenvalue weighted by Gasteiger charge is -2.34. The topological polar surface area (TPSA) is 76.4 Å². The fraction of sp³-hybridized carbons (Fsp3) is 0.333. The van der Waals surface area contributed by atoms with Gasteiger partial charge in [-0.05, 0) is 43.6 Å². The van der Waals surface area contributed by atoms with E-state index in [1.807, 2.05) is 48.5 Å². The molecular formula is C21H23N3O3. The van der Waals surface area contributed by atoms with Gasteiger partial charge < -0.3 is 19.8 Å². The van der Waals surface area contributed by atoms with Gasteiger partial charge in [0.05, 0.1) is 0 Å². The Balaban J connectivity index is 1.52. The van der Waals surface area contributed by atoms with Crippen LogP contribution in [0.5, 0.6) is 0 Å². The number of carbonyl (C=O) groups excluding carboxylic acids is 1. The Labute approximate surface area is 157 Å². The molecule has 0 aliphatic carbocycles. The van der Waals surface area contributed by atoms with E-state index in [4.69, 9.17) is 9.15 Å². The maximum atomic E-state index is 12.8. The van der Waals surface area contributed by atoms with Crippen LogP contribution in [0.15, 0.2) is 52.9 Å². The van der Waals surface area contributed by atoms with Crippen molar-refractivity contribution in [3.8, 4) is 0 Å². The van der Waals surface area contributed by atoms with E-state index >= 15 is 0 Å². The van der Waals surface area contributed by atoms with E-state index in [2.05, 4.69) is 15.6 Å². The lowest BCUT2D eigenvalue weighted by Crippen LogP contribution is -2.51. The monoisotopic (exact) mass is 365 g/mol. The smallest absolute Gasteiger partial charge is 0.256 e. The number of ether oxygens (including phenoxy) is 1. The van der Waals surface area contributed by atoms with E-state index in [1.165, 1.54) is 0 Å². The number of fused-ring (bicyclic) bond motifs is 1. The number of amides is 1. The predicted molar refractivity (Wildman–Crippen MR) is 104 cm³/mol. The fourth-order valence-electron chi connectivity index (χ4n) is 3.50. The summed E-state index contributed by atoms with van der Waals surface area (Å²) in [7, 11) is 1.60. The van der Waals surface area contributed by atoms with Crippen LogP contribution in [-0.2, 0) is 16.0 Å². The predicted octanol–water partition coefficient (Wildman–Crippen LogP) is 3.13. The minimum atomic E-state index is -0.778. The third-order valence-corrected chi connectivity index (χ3v) is 5.10. The van der Waals surface area contributed by atoms with Gasteiger partial charge in [-0.3, -0.25) is 4.79 Å². The van der Waals surface area contributed by atoms with E-state index in [1.54, 1.807) is 7.11 Å².